The molecule has 18 heavy (non-hydrogen) atoms. The van der Waals surface area contributed by atoms with Gasteiger partial charge in [0.25, 0.3) is 0 Å². The first-order valence-corrected chi connectivity index (χ1v) is 6.39. The van der Waals surface area contributed by atoms with Crippen molar-refractivity contribution in [1.82, 2.24) is 20.0 Å². The van der Waals surface area contributed by atoms with E-state index >= 15 is 0 Å². The van der Waals surface area contributed by atoms with Gasteiger partial charge >= 0.3 is 0 Å². The van der Waals surface area contributed by atoms with Crippen LogP contribution < -0.4 is 0 Å². The number of carbonyl (C=O) groups excluding carboxylic acids is 1. The molecule has 1 aromatic rings. The van der Waals surface area contributed by atoms with Crippen LogP contribution in [0.3, 0.4) is 0 Å². The SMILES string of the molecule is O=C(Cc1ccn[nH]1)N1CCCN(CCO)CC1. The molecule has 1 aromatic heterocycles. The molecule has 1 amide bonds. The minimum Gasteiger partial charge on any atom is -0.395 e. The van der Waals surface area contributed by atoms with E-state index in [-0.39, 0.29) is 12.5 Å². The molecule has 0 radical (unpaired) electrons. The molecule has 2 rings (SSSR count). The highest BCUT2D eigenvalue weighted by molar-refractivity contribution is 5.78. The zero-order valence-corrected chi connectivity index (χ0v) is 10.5. The van der Waals surface area contributed by atoms with Crippen molar-refractivity contribution in [3.05, 3.63) is 18.0 Å². The lowest BCUT2D eigenvalue weighted by atomic mass is 10.2. The van der Waals surface area contributed by atoms with Crippen molar-refractivity contribution in [2.24, 2.45) is 0 Å². The van der Waals surface area contributed by atoms with Crippen molar-refractivity contribution in [2.75, 3.05) is 39.3 Å². The van der Waals surface area contributed by atoms with Crippen LogP contribution in [-0.4, -0.2) is 70.3 Å². The summed E-state index contributed by atoms with van der Waals surface area (Å²) in [6, 6.07) is 1.83. The summed E-state index contributed by atoms with van der Waals surface area (Å²) in [4.78, 5) is 16.2. The lowest BCUT2D eigenvalue weighted by molar-refractivity contribution is -0.130. The van der Waals surface area contributed by atoms with Gasteiger partial charge in [-0.15, -0.1) is 0 Å². The van der Waals surface area contributed by atoms with Gasteiger partial charge in [0, 0.05) is 38.1 Å². The first kappa shape index (κ1) is 13.0. The van der Waals surface area contributed by atoms with Crippen molar-refractivity contribution in [2.45, 2.75) is 12.8 Å². The van der Waals surface area contributed by atoms with Crippen molar-refractivity contribution in [1.29, 1.82) is 0 Å². The minimum atomic E-state index is 0.144. The predicted octanol–water partition coefficient (Wildman–Crippen LogP) is -0.521. The molecule has 1 saturated heterocycles. The maximum atomic E-state index is 12.1. The van der Waals surface area contributed by atoms with Crippen molar-refractivity contribution < 1.29 is 9.90 Å². The number of rotatable bonds is 4. The van der Waals surface area contributed by atoms with Crippen LogP contribution >= 0.6 is 0 Å². The third-order valence-corrected chi connectivity index (χ3v) is 3.26. The van der Waals surface area contributed by atoms with Gasteiger partial charge in [0.2, 0.25) is 5.91 Å². The van der Waals surface area contributed by atoms with Gasteiger partial charge in [0.05, 0.1) is 13.0 Å². The van der Waals surface area contributed by atoms with Crippen LogP contribution in [0.4, 0.5) is 0 Å². The molecule has 1 fully saturated rings. The van der Waals surface area contributed by atoms with E-state index < -0.39 is 0 Å². The minimum absolute atomic E-state index is 0.144. The second-order valence-corrected chi connectivity index (χ2v) is 4.56. The highest BCUT2D eigenvalue weighted by atomic mass is 16.3. The van der Waals surface area contributed by atoms with Crippen LogP contribution in [0.15, 0.2) is 12.3 Å². The molecule has 0 unspecified atom stereocenters. The lowest BCUT2D eigenvalue weighted by Gasteiger charge is -2.21. The molecule has 0 aliphatic carbocycles. The van der Waals surface area contributed by atoms with Gasteiger partial charge in [0.1, 0.15) is 0 Å². The number of aromatic amines is 1. The fourth-order valence-electron chi connectivity index (χ4n) is 2.24. The number of nitrogens with zero attached hydrogens (tertiary/aromatic N) is 3. The standard InChI is InChI=1S/C12H20N4O2/c17-9-8-15-4-1-5-16(7-6-15)12(18)10-11-2-3-13-14-11/h2-3,17H,1,4-10H2,(H,13,14). The van der Waals surface area contributed by atoms with Gasteiger partial charge < -0.3 is 10.0 Å². The second-order valence-electron chi connectivity index (χ2n) is 4.56. The average molecular weight is 252 g/mol. The van der Waals surface area contributed by atoms with Gasteiger partial charge in [0.15, 0.2) is 0 Å². The monoisotopic (exact) mass is 252 g/mol. The first-order chi connectivity index (χ1) is 8.79. The van der Waals surface area contributed by atoms with Crippen LogP contribution in [0.5, 0.6) is 0 Å². The largest absolute Gasteiger partial charge is 0.395 e. The van der Waals surface area contributed by atoms with Crippen LogP contribution in [0.25, 0.3) is 0 Å². The number of aliphatic hydroxyl groups is 1. The molecular weight excluding hydrogens is 232 g/mol. The molecule has 0 spiro atoms. The van der Waals surface area contributed by atoms with E-state index in [9.17, 15) is 4.79 Å². The number of nitrogens with one attached hydrogen (secondary N) is 1. The molecule has 6 nitrogen and oxygen atoms in total. The Hall–Kier alpha value is -1.40. The number of hydrogen-bond acceptors (Lipinski definition) is 4. The van der Waals surface area contributed by atoms with E-state index in [1.54, 1.807) is 6.20 Å². The van der Waals surface area contributed by atoms with Gasteiger partial charge in [-0.05, 0) is 19.0 Å². The summed E-state index contributed by atoms with van der Waals surface area (Å²) in [5, 5.41) is 15.6. The summed E-state index contributed by atoms with van der Waals surface area (Å²) in [7, 11) is 0. The molecule has 1 aliphatic heterocycles. The van der Waals surface area contributed by atoms with Crippen LogP contribution in [0.1, 0.15) is 12.1 Å². The number of hydrogen-bond donors (Lipinski definition) is 2. The van der Waals surface area contributed by atoms with E-state index in [0.29, 0.717) is 13.0 Å². The van der Waals surface area contributed by atoms with E-state index in [4.69, 9.17) is 5.11 Å². The van der Waals surface area contributed by atoms with Crippen LogP contribution in [-0.2, 0) is 11.2 Å². The molecule has 0 aromatic carbocycles. The Morgan fingerprint density at radius 1 is 1.39 bits per heavy atom. The Labute approximate surface area is 107 Å². The summed E-state index contributed by atoms with van der Waals surface area (Å²) in [5.41, 5.74) is 0.858. The molecule has 0 saturated carbocycles. The predicted molar refractivity (Wildman–Crippen MR) is 67.0 cm³/mol. The van der Waals surface area contributed by atoms with Crippen LogP contribution in [0.2, 0.25) is 0 Å². The Kier molecular flexibility index (Phi) is 4.72. The quantitative estimate of drug-likeness (QED) is 0.756. The van der Waals surface area contributed by atoms with Gasteiger partial charge in [-0.2, -0.15) is 5.10 Å². The number of aromatic nitrogens is 2. The summed E-state index contributed by atoms with van der Waals surface area (Å²) < 4.78 is 0. The molecule has 100 valence electrons. The Morgan fingerprint density at radius 3 is 3.00 bits per heavy atom. The molecule has 0 bridgehead atoms. The number of aliphatic hydroxyl groups excluding tert-OH is 1. The topological polar surface area (TPSA) is 72.5 Å². The fourth-order valence-corrected chi connectivity index (χ4v) is 2.24. The highest BCUT2D eigenvalue weighted by Crippen LogP contribution is 2.05. The number of β-amino-alcohol motifs (C(OH)–C–C–N with tert-alkyl or cyclic N) is 1. The van der Waals surface area contributed by atoms with Crippen molar-refractivity contribution in [3.8, 4) is 0 Å². The van der Waals surface area contributed by atoms with E-state index in [1.165, 1.54) is 0 Å². The van der Waals surface area contributed by atoms with Crippen LogP contribution in [0, 0.1) is 0 Å². The lowest BCUT2D eigenvalue weighted by Crippen LogP contribution is -2.36. The molecule has 2 N–H and O–H groups in total. The number of amides is 1. The maximum absolute atomic E-state index is 12.1. The number of H-pyrrole nitrogens is 1. The van der Waals surface area contributed by atoms with Crippen molar-refractivity contribution >= 4 is 5.91 Å². The summed E-state index contributed by atoms with van der Waals surface area (Å²) in [5.74, 6) is 0.144. The van der Waals surface area contributed by atoms with Crippen molar-refractivity contribution in [3.63, 3.8) is 0 Å². The summed E-state index contributed by atoms with van der Waals surface area (Å²) in [6.45, 7) is 4.22. The first-order valence-electron chi connectivity index (χ1n) is 6.39. The third-order valence-electron chi connectivity index (χ3n) is 3.26. The molecule has 6 heteroatoms. The summed E-state index contributed by atoms with van der Waals surface area (Å²) in [6.07, 6.45) is 3.02. The average Bonchev–Trinajstić information content (AvgIpc) is 2.74. The zero-order chi connectivity index (χ0) is 12.8. The molecular formula is C12H20N4O2. The second kappa shape index (κ2) is 6.51. The smallest absolute Gasteiger partial charge is 0.228 e. The van der Waals surface area contributed by atoms with Gasteiger partial charge in [-0.3, -0.25) is 14.8 Å². The van der Waals surface area contributed by atoms with E-state index in [2.05, 4.69) is 15.1 Å². The normalized spacial score (nSPS) is 17.7. The zero-order valence-electron chi connectivity index (χ0n) is 10.5. The Bertz CT molecular complexity index is 366. The molecule has 2 heterocycles. The highest BCUT2D eigenvalue weighted by Gasteiger charge is 2.19. The molecule has 0 atom stereocenters. The summed E-state index contributed by atoms with van der Waals surface area (Å²) >= 11 is 0. The fraction of sp³-hybridized carbons (Fsp3) is 0.667. The Balaban J connectivity index is 1.83. The van der Waals surface area contributed by atoms with E-state index in [1.807, 2.05) is 11.0 Å². The van der Waals surface area contributed by atoms with E-state index in [0.717, 1.165) is 38.3 Å². The third kappa shape index (κ3) is 3.54. The number of carbonyl (C=O) groups is 1. The van der Waals surface area contributed by atoms with Gasteiger partial charge in [-0.1, -0.05) is 0 Å². The Morgan fingerprint density at radius 2 is 2.28 bits per heavy atom. The van der Waals surface area contributed by atoms with Gasteiger partial charge in [-0.25, -0.2) is 0 Å². The maximum Gasteiger partial charge on any atom is 0.228 e. The molecule has 1 aliphatic rings.